The number of amides is 1. The maximum Gasteiger partial charge on any atom is 0.410 e. The summed E-state index contributed by atoms with van der Waals surface area (Å²) in [5.41, 5.74) is 9.06. The molecular weight excluding hydrogens is 216 g/mol. The number of hydrogen-bond donors (Lipinski definition) is 1. The molecule has 0 radical (unpaired) electrons. The van der Waals surface area contributed by atoms with E-state index >= 15 is 0 Å². The Hall–Kier alpha value is -1.55. The normalized spacial score (nSPS) is 19.6. The Morgan fingerprint density at radius 3 is 2.88 bits per heavy atom. The predicted molar refractivity (Wildman–Crippen MR) is 65.6 cm³/mol. The molecule has 0 spiro atoms. The average Bonchev–Trinajstić information content (AvgIpc) is 2.65. The summed E-state index contributed by atoms with van der Waals surface area (Å²) < 4.78 is 5.13. The number of aryl methyl sites for hydroxylation is 2. The summed E-state index contributed by atoms with van der Waals surface area (Å²) in [5.74, 6) is 0. The van der Waals surface area contributed by atoms with Crippen LogP contribution in [0.2, 0.25) is 0 Å². The van der Waals surface area contributed by atoms with Crippen LogP contribution >= 0.6 is 0 Å². The quantitative estimate of drug-likeness (QED) is 0.864. The van der Waals surface area contributed by atoms with Crippen molar-refractivity contribution in [3.05, 3.63) is 34.9 Å². The lowest BCUT2D eigenvalue weighted by Gasteiger charge is -2.15. The minimum Gasteiger partial charge on any atom is -0.443 e. The van der Waals surface area contributed by atoms with Crippen LogP contribution in [-0.2, 0) is 11.3 Å². The van der Waals surface area contributed by atoms with Gasteiger partial charge in [0.2, 0.25) is 0 Å². The van der Waals surface area contributed by atoms with Crippen molar-refractivity contribution in [1.82, 2.24) is 4.90 Å². The number of nitrogens with two attached hydrogens (primary N) is 1. The first kappa shape index (κ1) is 11.9. The summed E-state index contributed by atoms with van der Waals surface area (Å²) in [6, 6.07) is 6.26. The molecule has 1 aliphatic rings. The Morgan fingerprint density at radius 1 is 1.47 bits per heavy atom. The van der Waals surface area contributed by atoms with E-state index in [0.717, 1.165) is 0 Å². The fourth-order valence-electron chi connectivity index (χ4n) is 2.00. The molecule has 0 aromatic heterocycles. The molecule has 4 nitrogen and oxygen atoms in total. The molecule has 92 valence electrons. The van der Waals surface area contributed by atoms with Gasteiger partial charge in [-0.25, -0.2) is 4.79 Å². The monoisotopic (exact) mass is 234 g/mol. The van der Waals surface area contributed by atoms with Crippen LogP contribution in [0.15, 0.2) is 18.2 Å². The highest BCUT2D eigenvalue weighted by atomic mass is 16.6. The van der Waals surface area contributed by atoms with Crippen LogP contribution < -0.4 is 5.73 Å². The van der Waals surface area contributed by atoms with Gasteiger partial charge in [0, 0.05) is 13.1 Å². The van der Waals surface area contributed by atoms with Crippen LogP contribution in [0.4, 0.5) is 4.79 Å². The molecule has 1 saturated heterocycles. The zero-order valence-electron chi connectivity index (χ0n) is 10.3. The van der Waals surface area contributed by atoms with E-state index in [2.05, 4.69) is 25.1 Å². The Morgan fingerprint density at radius 2 is 2.24 bits per heavy atom. The molecule has 1 aromatic rings. The molecule has 0 aliphatic carbocycles. The second-order valence-corrected chi connectivity index (χ2v) is 4.55. The summed E-state index contributed by atoms with van der Waals surface area (Å²) in [5, 5.41) is 0. The third-order valence-electron chi connectivity index (χ3n) is 3.08. The van der Waals surface area contributed by atoms with Crippen LogP contribution in [0.3, 0.4) is 0 Å². The van der Waals surface area contributed by atoms with Gasteiger partial charge in [0.15, 0.2) is 0 Å². The lowest BCUT2D eigenvalue weighted by molar-refractivity contribution is 0.134. The highest BCUT2D eigenvalue weighted by Gasteiger charge is 2.30. The summed E-state index contributed by atoms with van der Waals surface area (Å²) in [7, 11) is 0. The standard InChI is InChI=1S/C13H18N2O2/c1-9-3-4-10(2)11(5-9)7-15-8-12(6-14)17-13(15)16/h3-5,12H,6-8,14H2,1-2H3. The highest BCUT2D eigenvalue weighted by Crippen LogP contribution is 2.18. The number of cyclic esters (lactones) is 1. The van der Waals surface area contributed by atoms with Gasteiger partial charge in [-0.3, -0.25) is 0 Å². The second kappa shape index (κ2) is 4.75. The molecule has 1 amide bonds. The minimum atomic E-state index is -0.263. The van der Waals surface area contributed by atoms with E-state index in [0.29, 0.717) is 19.6 Å². The minimum absolute atomic E-state index is 0.160. The van der Waals surface area contributed by atoms with E-state index in [1.165, 1.54) is 16.7 Å². The molecule has 4 heteroatoms. The van der Waals surface area contributed by atoms with E-state index in [9.17, 15) is 4.79 Å². The summed E-state index contributed by atoms with van der Waals surface area (Å²) >= 11 is 0. The third kappa shape index (κ3) is 2.58. The van der Waals surface area contributed by atoms with E-state index in [4.69, 9.17) is 10.5 Å². The zero-order valence-corrected chi connectivity index (χ0v) is 10.3. The van der Waals surface area contributed by atoms with E-state index < -0.39 is 0 Å². The number of carbonyl (C=O) groups is 1. The Kier molecular flexibility index (Phi) is 3.33. The van der Waals surface area contributed by atoms with E-state index in [1.807, 2.05) is 6.92 Å². The van der Waals surface area contributed by atoms with Crippen molar-refractivity contribution < 1.29 is 9.53 Å². The van der Waals surface area contributed by atoms with Crippen molar-refractivity contribution in [3.63, 3.8) is 0 Å². The fraction of sp³-hybridized carbons (Fsp3) is 0.462. The largest absolute Gasteiger partial charge is 0.443 e. The lowest BCUT2D eigenvalue weighted by Crippen LogP contribution is -2.27. The average molecular weight is 234 g/mol. The summed E-state index contributed by atoms with van der Waals surface area (Å²) in [6.45, 7) is 5.67. The zero-order chi connectivity index (χ0) is 12.4. The number of carbonyl (C=O) groups excluding carboxylic acids is 1. The first-order chi connectivity index (χ1) is 8.10. The molecule has 2 N–H and O–H groups in total. The number of ether oxygens (including phenoxy) is 1. The van der Waals surface area contributed by atoms with Gasteiger partial charge in [-0.2, -0.15) is 0 Å². The van der Waals surface area contributed by atoms with Gasteiger partial charge >= 0.3 is 6.09 Å². The van der Waals surface area contributed by atoms with Gasteiger partial charge in [0.1, 0.15) is 6.10 Å². The lowest BCUT2D eigenvalue weighted by atomic mass is 10.1. The maximum absolute atomic E-state index is 11.6. The van der Waals surface area contributed by atoms with E-state index in [1.54, 1.807) is 4.90 Å². The molecule has 0 saturated carbocycles. The topological polar surface area (TPSA) is 55.6 Å². The Bertz CT molecular complexity index is 431. The molecule has 2 rings (SSSR count). The van der Waals surface area contributed by atoms with Crippen LogP contribution in [0, 0.1) is 13.8 Å². The second-order valence-electron chi connectivity index (χ2n) is 4.55. The molecule has 1 atom stereocenters. The maximum atomic E-state index is 11.6. The van der Waals surface area contributed by atoms with Crippen molar-refractivity contribution in [2.45, 2.75) is 26.5 Å². The van der Waals surface area contributed by atoms with Gasteiger partial charge in [-0.15, -0.1) is 0 Å². The van der Waals surface area contributed by atoms with Gasteiger partial charge in [-0.1, -0.05) is 23.8 Å². The van der Waals surface area contributed by atoms with Crippen molar-refractivity contribution in [3.8, 4) is 0 Å². The Labute approximate surface area is 101 Å². The molecule has 0 bridgehead atoms. The SMILES string of the molecule is Cc1ccc(C)c(CN2CC(CN)OC2=O)c1. The van der Waals surface area contributed by atoms with Gasteiger partial charge < -0.3 is 15.4 Å². The van der Waals surface area contributed by atoms with Crippen molar-refractivity contribution in [2.75, 3.05) is 13.1 Å². The smallest absolute Gasteiger partial charge is 0.410 e. The number of rotatable bonds is 3. The van der Waals surface area contributed by atoms with Gasteiger partial charge in [0.05, 0.1) is 6.54 Å². The van der Waals surface area contributed by atoms with Crippen LogP contribution in [0.1, 0.15) is 16.7 Å². The molecule has 17 heavy (non-hydrogen) atoms. The molecule has 1 fully saturated rings. The molecular formula is C13H18N2O2. The summed E-state index contributed by atoms with van der Waals surface area (Å²) in [6.07, 6.45) is -0.422. The van der Waals surface area contributed by atoms with Crippen molar-refractivity contribution in [1.29, 1.82) is 0 Å². The fourth-order valence-corrected chi connectivity index (χ4v) is 2.00. The first-order valence-electron chi connectivity index (χ1n) is 5.82. The number of nitrogens with zero attached hydrogens (tertiary/aromatic N) is 1. The summed E-state index contributed by atoms with van der Waals surface area (Å²) in [4.78, 5) is 13.3. The van der Waals surface area contributed by atoms with Gasteiger partial charge in [0.25, 0.3) is 0 Å². The highest BCUT2D eigenvalue weighted by molar-refractivity contribution is 5.70. The number of hydrogen-bond acceptors (Lipinski definition) is 3. The molecule has 1 aliphatic heterocycles. The Balaban J connectivity index is 2.11. The molecule has 1 aromatic carbocycles. The van der Waals surface area contributed by atoms with Crippen LogP contribution in [-0.4, -0.2) is 30.2 Å². The third-order valence-corrected chi connectivity index (χ3v) is 3.08. The predicted octanol–water partition coefficient (Wildman–Crippen LogP) is 1.58. The first-order valence-corrected chi connectivity index (χ1v) is 5.82. The van der Waals surface area contributed by atoms with Crippen molar-refractivity contribution in [2.24, 2.45) is 5.73 Å². The van der Waals surface area contributed by atoms with Crippen LogP contribution in [0.25, 0.3) is 0 Å². The van der Waals surface area contributed by atoms with E-state index in [-0.39, 0.29) is 12.2 Å². The molecule has 1 heterocycles. The van der Waals surface area contributed by atoms with Crippen LogP contribution in [0.5, 0.6) is 0 Å². The number of benzene rings is 1. The van der Waals surface area contributed by atoms with Gasteiger partial charge in [-0.05, 0) is 25.0 Å². The molecule has 1 unspecified atom stereocenters. The van der Waals surface area contributed by atoms with Crippen molar-refractivity contribution >= 4 is 6.09 Å².